The number of hydrogen-bond acceptors (Lipinski definition) is 4. The van der Waals surface area contributed by atoms with Crippen LogP contribution in [-0.2, 0) is 17.8 Å². The third-order valence-electron chi connectivity index (χ3n) is 4.51. The molecule has 0 bridgehead atoms. The largest absolute Gasteiger partial charge is 0.494 e. The smallest absolute Gasteiger partial charge is 0.223 e. The van der Waals surface area contributed by atoms with E-state index in [2.05, 4.69) is 11.0 Å². The van der Waals surface area contributed by atoms with Gasteiger partial charge >= 0.3 is 0 Å². The second kappa shape index (κ2) is 8.45. The zero-order valence-corrected chi connectivity index (χ0v) is 15.2. The van der Waals surface area contributed by atoms with Gasteiger partial charge in [0.1, 0.15) is 0 Å². The summed E-state index contributed by atoms with van der Waals surface area (Å²) in [6.07, 6.45) is 1.39. The van der Waals surface area contributed by atoms with Crippen molar-refractivity contribution in [3.05, 3.63) is 52.0 Å². The van der Waals surface area contributed by atoms with Crippen molar-refractivity contribution in [2.75, 3.05) is 33.3 Å². The van der Waals surface area contributed by atoms with Crippen molar-refractivity contribution in [1.82, 2.24) is 9.80 Å². The molecule has 0 unspecified atom stereocenters. The molecule has 0 saturated carbocycles. The molecular weight excluding hydrogens is 339 g/mol. The summed E-state index contributed by atoms with van der Waals surface area (Å²) in [5.41, 5.74) is 0.927. The normalized spacial score (nSPS) is 15.4. The van der Waals surface area contributed by atoms with Crippen LogP contribution in [-0.4, -0.2) is 49.0 Å². The summed E-state index contributed by atoms with van der Waals surface area (Å²) in [6, 6.07) is 9.17. The number of aryl methyl sites for hydroxylation is 1. The van der Waals surface area contributed by atoms with Crippen LogP contribution in [0.1, 0.15) is 16.9 Å². The molecule has 0 N–H and O–H groups in total. The van der Waals surface area contributed by atoms with Gasteiger partial charge in [0.2, 0.25) is 5.91 Å². The average molecular weight is 362 g/mol. The molecule has 1 aromatic heterocycles. The minimum absolute atomic E-state index is 0.226. The Bertz CT molecular complexity index is 697. The highest BCUT2D eigenvalue weighted by Crippen LogP contribution is 2.19. The standard InChI is InChI=1S/C19H23FN2O2S/c1-24-18-6-4-15(13-17(18)20)14-21-8-10-22(11-9-21)19(23)7-5-16-3-2-12-25-16/h2-4,6,12-13H,5,7-11,14H2,1H3. The fourth-order valence-corrected chi connectivity index (χ4v) is 3.77. The first kappa shape index (κ1) is 17.9. The molecule has 0 radical (unpaired) electrons. The average Bonchev–Trinajstić information content (AvgIpc) is 3.14. The molecule has 1 aliphatic rings. The molecule has 0 atom stereocenters. The number of carbonyl (C=O) groups excluding carboxylic acids is 1. The van der Waals surface area contributed by atoms with E-state index in [1.165, 1.54) is 18.1 Å². The third kappa shape index (κ3) is 4.80. The zero-order chi connectivity index (χ0) is 17.6. The lowest BCUT2D eigenvalue weighted by Crippen LogP contribution is -2.48. The van der Waals surface area contributed by atoms with E-state index in [1.54, 1.807) is 17.4 Å². The van der Waals surface area contributed by atoms with Gasteiger partial charge in [-0.1, -0.05) is 12.1 Å². The van der Waals surface area contributed by atoms with E-state index in [1.807, 2.05) is 22.4 Å². The van der Waals surface area contributed by atoms with Crippen LogP contribution in [0.3, 0.4) is 0 Å². The molecule has 134 valence electrons. The van der Waals surface area contributed by atoms with Gasteiger partial charge in [0.15, 0.2) is 11.6 Å². The van der Waals surface area contributed by atoms with Gasteiger partial charge in [-0.05, 0) is 35.6 Å². The number of halogens is 1. The lowest BCUT2D eigenvalue weighted by Gasteiger charge is -2.34. The number of rotatable bonds is 6. The molecule has 2 aromatic rings. The zero-order valence-electron chi connectivity index (χ0n) is 14.4. The number of benzene rings is 1. The Morgan fingerprint density at radius 3 is 2.68 bits per heavy atom. The molecular formula is C19H23FN2O2S. The van der Waals surface area contributed by atoms with Gasteiger partial charge in [0.05, 0.1) is 7.11 Å². The Balaban J connectivity index is 1.45. The highest BCUT2D eigenvalue weighted by Gasteiger charge is 2.21. The highest BCUT2D eigenvalue weighted by atomic mass is 32.1. The molecule has 0 spiro atoms. The van der Waals surface area contributed by atoms with Crippen LogP contribution in [0, 0.1) is 5.82 Å². The molecule has 1 aliphatic heterocycles. The number of amides is 1. The van der Waals surface area contributed by atoms with E-state index >= 15 is 0 Å². The SMILES string of the molecule is COc1ccc(CN2CCN(C(=O)CCc3cccs3)CC2)cc1F. The van der Waals surface area contributed by atoms with Gasteiger partial charge in [-0.25, -0.2) is 4.39 Å². The van der Waals surface area contributed by atoms with Gasteiger partial charge in [0.25, 0.3) is 0 Å². The first-order valence-corrected chi connectivity index (χ1v) is 9.38. The summed E-state index contributed by atoms with van der Waals surface area (Å²) in [7, 11) is 1.47. The maximum absolute atomic E-state index is 13.8. The minimum atomic E-state index is -0.331. The Morgan fingerprint density at radius 2 is 2.04 bits per heavy atom. The second-order valence-electron chi connectivity index (χ2n) is 6.21. The minimum Gasteiger partial charge on any atom is -0.494 e. The lowest BCUT2D eigenvalue weighted by atomic mass is 10.1. The molecule has 6 heteroatoms. The van der Waals surface area contributed by atoms with Crippen LogP contribution in [0.25, 0.3) is 0 Å². The van der Waals surface area contributed by atoms with E-state index in [9.17, 15) is 9.18 Å². The van der Waals surface area contributed by atoms with E-state index < -0.39 is 0 Å². The quantitative estimate of drug-likeness (QED) is 0.791. The molecule has 25 heavy (non-hydrogen) atoms. The number of nitrogens with zero attached hydrogens (tertiary/aromatic N) is 2. The fourth-order valence-electron chi connectivity index (χ4n) is 3.06. The fraction of sp³-hybridized carbons (Fsp3) is 0.421. The Hall–Kier alpha value is -1.92. The number of hydrogen-bond donors (Lipinski definition) is 0. The van der Waals surface area contributed by atoms with Crippen LogP contribution in [0.4, 0.5) is 4.39 Å². The van der Waals surface area contributed by atoms with E-state index in [-0.39, 0.29) is 17.5 Å². The summed E-state index contributed by atoms with van der Waals surface area (Å²) < 4.78 is 18.7. The maximum atomic E-state index is 13.8. The maximum Gasteiger partial charge on any atom is 0.223 e. The Labute approximate surface area is 151 Å². The van der Waals surface area contributed by atoms with Crippen molar-refractivity contribution < 1.29 is 13.9 Å². The Morgan fingerprint density at radius 1 is 1.24 bits per heavy atom. The number of piperazine rings is 1. The van der Waals surface area contributed by atoms with Gasteiger partial charge in [-0.2, -0.15) is 0 Å². The first-order chi connectivity index (χ1) is 12.2. The van der Waals surface area contributed by atoms with E-state index in [4.69, 9.17) is 4.74 Å². The van der Waals surface area contributed by atoms with Crippen molar-refractivity contribution in [2.24, 2.45) is 0 Å². The molecule has 4 nitrogen and oxygen atoms in total. The van der Waals surface area contributed by atoms with Crippen molar-refractivity contribution in [2.45, 2.75) is 19.4 Å². The van der Waals surface area contributed by atoms with Crippen LogP contribution in [0.15, 0.2) is 35.7 Å². The number of ether oxygens (including phenoxy) is 1. The lowest BCUT2D eigenvalue weighted by molar-refractivity contribution is -0.132. The first-order valence-electron chi connectivity index (χ1n) is 8.50. The number of methoxy groups -OCH3 is 1. The summed E-state index contributed by atoms with van der Waals surface area (Å²) in [5.74, 6) is 0.163. The molecule has 3 rings (SSSR count). The molecule has 0 aliphatic carbocycles. The van der Waals surface area contributed by atoms with Gasteiger partial charge in [-0.15, -0.1) is 11.3 Å². The highest BCUT2D eigenvalue weighted by molar-refractivity contribution is 7.09. The number of carbonyl (C=O) groups is 1. The predicted octanol–water partition coefficient (Wildman–Crippen LogP) is 3.17. The summed E-state index contributed by atoms with van der Waals surface area (Å²) in [5, 5.41) is 2.04. The van der Waals surface area contributed by atoms with Crippen molar-refractivity contribution in [1.29, 1.82) is 0 Å². The second-order valence-corrected chi connectivity index (χ2v) is 7.24. The van der Waals surface area contributed by atoms with Crippen LogP contribution in [0.2, 0.25) is 0 Å². The molecule has 1 aromatic carbocycles. The molecule has 1 saturated heterocycles. The summed E-state index contributed by atoms with van der Waals surface area (Å²) >= 11 is 1.70. The van der Waals surface area contributed by atoms with Crippen molar-refractivity contribution in [3.63, 3.8) is 0 Å². The molecule has 1 amide bonds. The molecule has 1 fully saturated rings. The van der Waals surface area contributed by atoms with Crippen LogP contribution < -0.4 is 4.74 Å². The molecule has 2 heterocycles. The predicted molar refractivity (Wildman–Crippen MR) is 97.4 cm³/mol. The Kier molecular flexibility index (Phi) is 6.04. The topological polar surface area (TPSA) is 32.8 Å². The van der Waals surface area contributed by atoms with E-state index in [0.29, 0.717) is 13.0 Å². The van der Waals surface area contributed by atoms with Gasteiger partial charge in [0, 0.05) is 44.0 Å². The summed E-state index contributed by atoms with van der Waals surface area (Å²) in [4.78, 5) is 17.8. The third-order valence-corrected chi connectivity index (χ3v) is 5.45. The van der Waals surface area contributed by atoms with Gasteiger partial charge < -0.3 is 9.64 Å². The van der Waals surface area contributed by atoms with Crippen LogP contribution >= 0.6 is 11.3 Å². The van der Waals surface area contributed by atoms with Crippen LogP contribution in [0.5, 0.6) is 5.75 Å². The monoisotopic (exact) mass is 362 g/mol. The van der Waals surface area contributed by atoms with Crippen molar-refractivity contribution in [3.8, 4) is 5.75 Å². The van der Waals surface area contributed by atoms with Gasteiger partial charge in [-0.3, -0.25) is 9.69 Å². The van der Waals surface area contributed by atoms with Crippen molar-refractivity contribution >= 4 is 17.2 Å². The number of thiophene rings is 1. The summed E-state index contributed by atoms with van der Waals surface area (Å²) in [6.45, 7) is 3.80. The van der Waals surface area contributed by atoms with E-state index in [0.717, 1.165) is 38.2 Å².